The first kappa shape index (κ1) is 25.7. The first-order valence-electron chi connectivity index (χ1n) is 12.2. The fraction of sp³-hybridized carbons (Fsp3) is 0.500. The van der Waals surface area contributed by atoms with Crippen LogP contribution in [0.25, 0.3) is 0 Å². The molecule has 1 fully saturated rings. The molecule has 0 aliphatic carbocycles. The van der Waals surface area contributed by atoms with Gasteiger partial charge < -0.3 is 4.90 Å². The molecule has 0 spiro atoms. The molecule has 0 amide bonds. The van der Waals surface area contributed by atoms with Crippen molar-refractivity contribution in [2.45, 2.75) is 44.9 Å². The predicted molar refractivity (Wildman–Crippen MR) is 140 cm³/mol. The Morgan fingerprint density at radius 1 is 1.11 bits per heavy atom. The zero-order valence-electron chi connectivity index (χ0n) is 20.6. The number of carbonyl (C=O) groups is 1. The van der Waals surface area contributed by atoms with Crippen molar-refractivity contribution in [1.29, 1.82) is 0 Å². The first-order valence-corrected chi connectivity index (χ1v) is 15.5. The van der Waals surface area contributed by atoms with Gasteiger partial charge in [-0.2, -0.15) is 0 Å². The van der Waals surface area contributed by atoms with Crippen molar-refractivity contribution in [3.8, 4) is 0 Å². The molecule has 9 heteroatoms. The Morgan fingerprint density at radius 2 is 1.83 bits per heavy atom. The van der Waals surface area contributed by atoms with Gasteiger partial charge in [0.25, 0.3) is 10.0 Å². The average molecular weight is 519 g/mol. The summed E-state index contributed by atoms with van der Waals surface area (Å²) in [4.78, 5) is 14.9. The van der Waals surface area contributed by atoms with Crippen LogP contribution in [0.5, 0.6) is 0 Å². The van der Waals surface area contributed by atoms with Crippen LogP contribution in [0.2, 0.25) is 0 Å². The highest BCUT2D eigenvalue weighted by atomic mass is 32.2. The number of rotatable bonds is 8. The summed E-state index contributed by atoms with van der Waals surface area (Å²) in [5.41, 5.74) is 2.81. The molecular formula is C26H34N2O5S2. The van der Waals surface area contributed by atoms with Gasteiger partial charge in [0.05, 0.1) is 22.1 Å². The van der Waals surface area contributed by atoms with Crippen LogP contribution in [-0.4, -0.2) is 53.8 Å². The third kappa shape index (κ3) is 5.56. The van der Waals surface area contributed by atoms with E-state index in [0.29, 0.717) is 43.0 Å². The van der Waals surface area contributed by atoms with E-state index in [1.54, 1.807) is 12.1 Å². The SMILES string of the molecule is CCc1ccc(N(CC(C)C)S(=O)(=O)c2ccc3c(c2)C(=O)CCN3CC2CCS(=O)(=O)C2)cc1. The van der Waals surface area contributed by atoms with Gasteiger partial charge in [-0.25, -0.2) is 16.8 Å². The minimum Gasteiger partial charge on any atom is -0.370 e. The Kier molecular flexibility index (Phi) is 7.29. The molecule has 2 aromatic rings. The average Bonchev–Trinajstić information content (AvgIpc) is 3.17. The molecule has 35 heavy (non-hydrogen) atoms. The fourth-order valence-corrected chi connectivity index (χ4v) is 8.39. The van der Waals surface area contributed by atoms with Crippen LogP contribution in [-0.2, 0) is 26.3 Å². The van der Waals surface area contributed by atoms with Gasteiger partial charge in [0.2, 0.25) is 0 Å². The third-order valence-corrected chi connectivity index (χ3v) is 10.4. The van der Waals surface area contributed by atoms with Crippen LogP contribution >= 0.6 is 0 Å². The van der Waals surface area contributed by atoms with Crippen LogP contribution in [0.15, 0.2) is 47.4 Å². The number of sulfonamides is 1. The standard InChI is InChI=1S/C26H34N2O5S2/c1-4-20-5-7-22(8-6-20)28(16-19(2)3)35(32,33)23-9-10-25-24(15-23)26(29)11-13-27(25)17-21-12-14-34(30,31)18-21/h5-10,15,19,21H,4,11-14,16-18H2,1-3H3. The van der Waals surface area contributed by atoms with Crippen molar-refractivity contribution in [2.24, 2.45) is 11.8 Å². The highest BCUT2D eigenvalue weighted by Gasteiger charge is 2.33. The maximum Gasteiger partial charge on any atom is 0.264 e. The van der Waals surface area contributed by atoms with E-state index >= 15 is 0 Å². The second-order valence-corrected chi connectivity index (χ2v) is 14.1. The van der Waals surface area contributed by atoms with Gasteiger partial charge in [0.1, 0.15) is 0 Å². The van der Waals surface area contributed by atoms with Crippen molar-refractivity contribution in [1.82, 2.24) is 0 Å². The van der Waals surface area contributed by atoms with Crippen molar-refractivity contribution in [3.63, 3.8) is 0 Å². The first-order chi connectivity index (χ1) is 16.5. The summed E-state index contributed by atoms with van der Waals surface area (Å²) in [6.45, 7) is 7.38. The van der Waals surface area contributed by atoms with Gasteiger partial charge in [-0.3, -0.25) is 9.10 Å². The maximum atomic E-state index is 13.8. The number of hydrogen-bond donors (Lipinski definition) is 0. The van der Waals surface area contributed by atoms with Gasteiger partial charge in [-0.1, -0.05) is 32.9 Å². The molecule has 7 nitrogen and oxygen atoms in total. The van der Waals surface area contributed by atoms with E-state index in [2.05, 4.69) is 6.92 Å². The van der Waals surface area contributed by atoms with Crippen LogP contribution < -0.4 is 9.21 Å². The molecule has 0 bridgehead atoms. The molecule has 1 saturated heterocycles. The van der Waals surface area contributed by atoms with Gasteiger partial charge in [-0.05, 0) is 60.6 Å². The molecule has 1 unspecified atom stereocenters. The number of benzene rings is 2. The summed E-state index contributed by atoms with van der Waals surface area (Å²) in [6, 6.07) is 12.3. The van der Waals surface area contributed by atoms with E-state index in [9.17, 15) is 21.6 Å². The topological polar surface area (TPSA) is 91.8 Å². The largest absolute Gasteiger partial charge is 0.370 e. The van der Waals surface area contributed by atoms with Gasteiger partial charge in [0, 0.05) is 37.3 Å². The van der Waals surface area contributed by atoms with E-state index in [-0.39, 0.29) is 40.4 Å². The molecule has 0 N–H and O–H groups in total. The molecule has 2 aliphatic rings. The maximum absolute atomic E-state index is 13.8. The van der Waals surface area contributed by atoms with Crippen LogP contribution in [0, 0.1) is 11.8 Å². The van der Waals surface area contributed by atoms with Crippen LogP contribution in [0.3, 0.4) is 0 Å². The fourth-order valence-electron chi connectivity index (χ4n) is 4.88. The predicted octanol–water partition coefficient (Wildman–Crippen LogP) is 3.93. The number of ketones is 1. The smallest absolute Gasteiger partial charge is 0.264 e. The normalized spacial score (nSPS) is 19.7. The molecular weight excluding hydrogens is 484 g/mol. The van der Waals surface area contributed by atoms with Crippen LogP contribution in [0.4, 0.5) is 11.4 Å². The summed E-state index contributed by atoms with van der Waals surface area (Å²) in [5.74, 6) is 0.416. The second kappa shape index (κ2) is 9.93. The van der Waals surface area contributed by atoms with E-state index in [4.69, 9.17) is 0 Å². The highest BCUT2D eigenvalue weighted by Crippen LogP contribution is 2.33. The zero-order valence-corrected chi connectivity index (χ0v) is 22.2. The minimum absolute atomic E-state index is 0.0251. The summed E-state index contributed by atoms with van der Waals surface area (Å²) in [5, 5.41) is 0. The number of fused-ring (bicyclic) bond motifs is 1. The molecule has 2 heterocycles. The Labute approximate surface area is 209 Å². The van der Waals surface area contributed by atoms with Crippen molar-refractivity contribution < 1.29 is 21.6 Å². The van der Waals surface area contributed by atoms with E-state index in [1.165, 1.54) is 10.4 Å². The van der Waals surface area contributed by atoms with Crippen molar-refractivity contribution >= 4 is 37.0 Å². The molecule has 0 radical (unpaired) electrons. The molecule has 0 aromatic heterocycles. The van der Waals surface area contributed by atoms with E-state index < -0.39 is 19.9 Å². The Hall–Kier alpha value is -2.39. The number of sulfone groups is 1. The second-order valence-electron chi connectivity index (χ2n) is 10.0. The Morgan fingerprint density at radius 3 is 2.43 bits per heavy atom. The quantitative estimate of drug-likeness (QED) is 0.526. The van der Waals surface area contributed by atoms with Gasteiger partial charge in [-0.15, -0.1) is 0 Å². The Bertz CT molecular complexity index is 1300. The molecule has 4 rings (SSSR count). The lowest BCUT2D eigenvalue weighted by Gasteiger charge is -2.33. The summed E-state index contributed by atoms with van der Waals surface area (Å²) < 4.78 is 52.8. The number of Topliss-reactive ketones (excluding diaryl/α,β-unsaturated/α-hetero) is 1. The summed E-state index contributed by atoms with van der Waals surface area (Å²) >= 11 is 0. The summed E-state index contributed by atoms with van der Waals surface area (Å²) in [7, 11) is -6.89. The van der Waals surface area contributed by atoms with Crippen molar-refractivity contribution in [2.75, 3.05) is 40.3 Å². The lowest BCUT2D eigenvalue weighted by molar-refractivity contribution is 0.0979. The molecule has 2 aromatic carbocycles. The molecule has 1 atom stereocenters. The minimum atomic E-state index is -3.90. The number of hydrogen-bond acceptors (Lipinski definition) is 6. The molecule has 0 saturated carbocycles. The van der Waals surface area contributed by atoms with Gasteiger partial charge in [0.15, 0.2) is 15.6 Å². The van der Waals surface area contributed by atoms with E-state index in [0.717, 1.165) is 12.0 Å². The number of nitrogens with zero attached hydrogens (tertiary/aromatic N) is 2. The van der Waals surface area contributed by atoms with Gasteiger partial charge >= 0.3 is 0 Å². The number of anilines is 2. The third-order valence-electron chi connectivity index (χ3n) is 6.77. The molecule has 2 aliphatic heterocycles. The summed E-state index contributed by atoms with van der Waals surface area (Å²) in [6.07, 6.45) is 1.77. The number of carbonyl (C=O) groups excluding carboxylic acids is 1. The number of aryl methyl sites for hydroxylation is 1. The molecule has 190 valence electrons. The Balaban J connectivity index is 1.66. The highest BCUT2D eigenvalue weighted by molar-refractivity contribution is 7.92. The van der Waals surface area contributed by atoms with E-state index in [1.807, 2.05) is 43.0 Å². The van der Waals surface area contributed by atoms with Crippen LogP contribution in [0.1, 0.15) is 49.5 Å². The lowest BCUT2D eigenvalue weighted by atomic mass is 9.98. The monoisotopic (exact) mass is 518 g/mol. The zero-order chi connectivity index (χ0) is 25.4. The van der Waals surface area contributed by atoms with Crippen molar-refractivity contribution in [3.05, 3.63) is 53.6 Å². The lowest BCUT2D eigenvalue weighted by Crippen LogP contribution is -2.37.